The fourth-order valence-electron chi connectivity index (χ4n) is 1.47. The lowest BCUT2D eigenvalue weighted by Gasteiger charge is -1.97. The van der Waals surface area contributed by atoms with Crippen molar-refractivity contribution in [2.75, 3.05) is 5.73 Å². The van der Waals surface area contributed by atoms with Gasteiger partial charge in [0.2, 0.25) is 0 Å². The maximum atomic E-state index is 10.5. The van der Waals surface area contributed by atoms with E-state index in [0.717, 1.165) is 11.3 Å². The number of rotatable bonds is 3. The summed E-state index contributed by atoms with van der Waals surface area (Å²) in [5.74, 6) is 0.0586. The molecule has 84 valence electrons. The third-order valence-electron chi connectivity index (χ3n) is 2.23. The Balaban J connectivity index is 2.38. The highest BCUT2D eigenvalue weighted by Crippen LogP contribution is 2.24. The minimum atomic E-state index is -0.981. The molecule has 0 aliphatic carbocycles. The van der Waals surface area contributed by atoms with Gasteiger partial charge in [0.15, 0.2) is 0 Å². The van der Waals surface area contributed by atoms with E-state index in [-0.39, 0.29) is 6.54 Å². The van der Waals surface area contributed by atoms with Gasteiger partial charge in [0.05, 0.1) is 12.0 Å². The number of aryl methyl sites for hydroxylation is 1. The summed E-state index contributed by atoms with van der Waals surface area (Å²) in [6, 6.07) is 3.39. The molecule has 0 unspecified atom stereocenters. The van der Waals surface area contributed by atoms with Gasteiger partial charge in [0.1, 0.15) is 18.1 Å². The second-order valence-corrected chi connectivity index (χ2v) is 3.40. The SMILES string of the molecule is Cc1occc1-c1cc(N)n(CC(=O)O)n1. The fourth-order valence-corrected chi connectivity index (χ4v) is 1.47. The van der Waals surface area contributed by atoms with E-state index < -0.39 is 5.97 Å². The molecule has 2 heterocycles. The molecule has 0 saturated heterocycles. The first-order chi connectivity index (χ1) is 7.58. The standard InChI is InChI=1S/C10H11N3O3/c1-6-7(2-3-16-6)8-4-9(11)13(12-8)5-10(14)15/h2-4H,5,11H2,1H3,(H,14,15). The zero-order chi connectivity index (χ0) is 11.7. The molecule has 0 radical (unpaired) electrons. The van der Waals surface area contributed by atoms with Crippen molar-refractivity contribution in [2.45, 2.75) is 13.5 Å². The number of anilines is 1. The number of furan rings is 1. The first kappa shape index (κ1) is 10.3. The summed E-state index contributed by atoms with van der Waals surface area (Å²) < 4.78 is 6.38. The average Bonchev–Trinajstić information content (AvgIpc) is 2.73. The Labute approximate surface area is 91.3 Å². The molecule has 2 rings (SSSR count). The molecule has 2 aromatic heterocycles. The second kappa shape index (κ2) is 3.73. The van der Waals surface area contributed by atoms with E-state index in [0.29, 0.717) is 11.5 Å². The first-order valence-electron chi connectivity index (χ1n) is 4.67. The Bertz CT molecular complexity index is 527. The number of nitrogen functional groups attached to an aromatic ring is 1. The Morgan fingerprint density at radius 1 is 1.69 bits per heavy atom. The number of aliphatic carboxylic acids is 1. The van der Waals surface area contributed by atoms with Crippen LogP contribution < -0.4 is 5.73 Å². The van der Waals surface area contributed by atoms with Crippen LogP contribution in [0.15, 0.2) is 22.8 Å². The van der Waals surface area contributed by atoms with Crippen LogP contribution in [0.5, 0.6) is 0 Å². The molecule has 0 aliphatic rings. The smallest absolute Gasteiger partial charge is 0.325 e. The minimum Gasteiger partial charge on any atom is -0.480 e. The molecule has 6 nitrogen and oxygen atoms in total. The predicted molar refractivity (Wildman–Crippen MR) is 56.7 cm³/mol. The van der Waals surface area contributed by atoms with Gasteiger partial charge in [-0.1, -0.05) is 0 Å². The number of hydrogen-bond acceptors (Lipinski definition) is 4. The van der Waals surface area contributed by atoms with E-state index >= 15 is 0 Å². The normalized spacial score (nSPS) is 10.6. The van der Waals surface area contributed by atoms with Crippen molar-refractivity contribution in [3.05, 3.63) is 24.2 Å². The summed E-state index contributed by atoms with van der Waals surface area (Å²) in [6.45, 7) is 1.56. The number of nitrogens with two attached hydrogens (primary N) is 1. The monoisotopic (exact) mass is 221 g/mol. The number of carboxylic acid groups (broad SMARTS) is 1. The fraction of sp³-hybridized carbons (Fsp3) is 0.200. The summed E-state index contributed by atoms with van der Waals surface area (Å²) in [4.78, 5) is 10.5. The van der Waals surface area contributed by atoms with Crippen molar-refractivity contribution in [2.24, 2.45) is 0 Å². The van der Waals surface area contributed by atoms with Gasteiger partial charge in [-0.15, -0.1) is 0 Å². The largest absolute Gasteiger partial charge is 0.480 e. The van der Waals surface area contributed by atoms with Crippen LogP contribution in [0.4, 0.5) is 5.82 Å². The van der Waals surface area contributed by atoms with Crippen molar-refractivity contribution in [3.8, 4) is 11.3 Å². The van der Waals surface area contributed by atoms with Crippen molar-refractivity contribution in [1.82, 2.24) is 9.78 Å². The molecule has 3 N–H and O–H groups in total. The zero-order valence-corrected chi connectivity index (χ0v) is 8.67. The molecule has 0 bridgehead atoms. The minimum absolute atomic E-state index is 0.247. The Hall–Kier alpha value is -2.24. The van der Waals surface area contributed by atoms with Gasteiger partial charge in [-0.25, -0.2) is 4.68 Å². The molecule has 0 spiro atoms. The Kier molecular flexibility index (Phi) is 2.40. The number of aromatic nitrogens is 2. The third-order valence-corrected chi connectivity index (χ3v) is 2.23. The lowest BCUT2D eigenvalue weighted by Crippen LogP contribution is -2.12. The summed E-state index contributed by atoms with van der Waals surface area (Å²) in [6.07, 6.45) is 1.55. The lowest BCUT2D eigenvalue weighted by molar-refractivity contribution is -0.137. The summed E-state index contributed by atoms with van der Waals surface area (Å²) in [5.41, 5.74) is 7.08. The Morgan fingerprint density at radius 3 is 3.00 bits per heavy atom. The van der Waals surface area contributed by atoms with Gasteiger partial charge >= 0.3 is 5.97 Å². The van der Waals surface area contributed by atoms with Crippen molar-refractivity contribution < 1.29 is 14.3 Å². The predicted octanol–water partition coefficient (Wildman–Crippen LogP) is 1.12. The highest BCUT2D eigenvalue weighted by Gasteiger charge is 2.12. The molecular formula is C10H11N3O3. The topological polar surface area (TPSA) is 94.3 Å². The number of hydrogen-bond donors (Lipinski definition) is 2. The van der Waals surface area contributed by atoms with Crippen molar-refractivity contribution in [3.63, 3.8) is 0 Å². The van der Waals surface area contributed by atoms with E-state index in [1.54, 1.807) is 18.4 Å². The molecule has 0 aromatic carbocycles. The molecule has 0 saturated carbocycles. The van der Waals surface area contributed by atoms with E-state index in [1.807, 2.05) is 6.92 Å². The molecule has 0 atom stereocenters. The van der Waals surface area contributed by atoms with E-state index in [9.17, 15) is 4.79 Å². The molecular weight excluding hydrogens is 210 g/mol. The van der Waals surface area contributed by atoms with E-state index in [1.165, 1.54) is 4.68 Å². The van der Waals surface area contributed by atoms with Crippen LogP contribution >= 0.6 is 0 Å². The van der Waals surface area contributed by atoms with Gasteiger partial charge < -0.3 is 15.3 Å². The van der Waals surface area contributed by atoms with Crippen LogP contribution in [0.25, 0.3) is 11.3 Å². The van der Waals surface area contributed by atoms with Crippen molar-refractivity contribution >= 4 is 11.8 Å². The van der Waals surface area contributed by atoms with Crippen LogP contribution in [0.2, 0.25) is 0 Å². The van der Waals surface area contributed by atoms with Crippen LogP contribution in [0.3, 0.4) is 0 Å². The van der Waals surface area contributed by atoms with Crippen molar-refractivity contribution in [1.29, 1.82) is 0 Å². The molecule has 0 amide bonds. The average molecular weight is 221 g/mol. The van der Waals surface area contributed by atoms with Crippen LogP contribution in [-0.4, -0.2) is 20.9 Å². The van der Waals surface area contributed by atoms with Crippen LogP contribution in [0, 0.1) is 6.92 Å². The van der Waals surface area contributed by atoms with Gasteiger partial charge in [-0.2, -0.15) is 5.10 Å². The molecule has 0 fully saturated rings. The maximum Gasteiger partial charge on any atom is 0.325 e. The molecule has 2 aromatic rings. The highest BCUT2D eigenvalue weighted by molar-refractivity contribution is 5.69. The number of carboxylic acids is 1. The quantitative estimate of drug-likeness (QED) is 0.809. The molecule has 16 heavy (non-hydrogen) atoms. The van der Waals surface area contributed by atoms with Gasteiger partial charge in [-0.3, -0.25) is 4.79 Å². The lowest BCUT2D eigenvalue weighted by atomic mass is 10.2. The second-order valence-electron chi connectivity index (χ2n) is 3.40. The van der Waals surface area contributed by atoms with Crippen LogP contribution in [0.1, 0.15) is 5.76 Å². The zero-order valence-electron chi connectivity index (χ0n) is 8.67. The van der Waals surface area contributed by atoms with Gasteiger partial charge in [0, 0.05) is 11.6 Å². The van der Waals surface area contributed by atoms with E-state index in [2.05, 4.69) is 5.10 Å². The van der Waals surface area contributed by atoms with Gasteiger partial charge in [0.25, 0.3) is 0 Å². The summed E-state index contributed by atoms with van der Waals surface area (Å²) in [7, 11) is 0. The maximum absolute atomic E-state index is 10.5. The number of carbonyl (C=O) groups is 1. The third kappa shape index (κ3) is 1.77. The Morgan fingerprint density at radius 2 is 2.44 bits per heavy atom. The summed E-state index contributed by atoms with van der Waals surface area (Å²) >= 11 is 0. The van der Waals surface area contributed by atoms with Crippen LogP contribution in [-0.2, 0) is 11.3 Å². The summed E-state index contributed by atoms with van der Waals surface area (Å²) in [5, 5.41) is 12.8. The number of nitrogens with zero attached hydrogens (tertiary/aromatic N) is 2. The van der Waals surface area contributed by atoms with E-state index in [4.69, 9.17) is 15.3 Å². The molecule has 6 heteroatoms. The first-order valence-corrected chi connectivity index (χ1v) is 4.67. The molecule has 0 aliphatic heterocycles. The van der Waals surface area contributed by atoms with Gasteiger partial charge in [-0.05, 0) is 13.0 Å². The highest BCUT2D eigenvalue weighted by atomic mass is 16.4.